The molecule has 2 heteroatoms. The van der Waals surface area contributed by atoms with Gasteiger partial charge in [0.1, 0.15) is 6.29 Å². The Bertz CT molecular complexity index is 834. The molecule has 0 aliphatic carbocycles. The van der Waals surface area contributed by atoms with E-state index >= 15 is 0 Å². The van der Waals surface area contributed by atoms with Gasteiger partial charge in [-0.3, -0.25) is 4.79 Å². The van der Waals surface area contributed by atoms with E-state index in [9.17, 15) is 4.79 Å². The minimum atomic E-state index is 0.808. The Labute approximate surface area is 137 Å². The first-order valence-corrected chi connectivity index (χ1v) is 7.77. The standard InChI is InChI=1S/C19H13IO/c20-19-12-2-1-8-18(19)17-11-4-9-15-14(7-5-13-21)6-3-10-16(15)17/h1-13H/b7-5+. The number of carbonyl (C=O) groups excluding carboxylic acids is 1. The van der Waals surface area contributed by atoms with Crippen molar-refractivity contribution >= 4 is 45.7 Å². The Balaban J connectivity index is 2.29. The van der Waals surface area contributed by atoms with Gasteiger partial charge in [0, 0.05) is 3.57 Å². The Hall–Kier alpha value is -1.94. The molecule has 21 heavy (non-hydrogen) atoms. The van der Waals surface area contributed by atoms with Crippen molar-refractivity contribution in [2.45, 2.75) is 0 Å². The molecule has 3 aromatic rings. The largest absolute Gasteiger partial charge is 0.299 e. The van der Waals surface area contributed by atoms with E-state index in [-0.39, 0.29) is 0 Å². The second-order valence-corrected chi connectivity index (χ2v) is 5.89. The van der Waals surface area contributed by atoms with Gasteiger partial charge in [-0.15, -0.1) is 0 Å². The molecule has 0 saturated carbocycles. The van der Waals surface area contributed by atoms with Gasteiger partial charge in [-0.2, -0.15) is 0 Å². The second kappa shape index (κ2) is 6.22. The molecule has 0 heterocycles. The normalized spacial score (nSPS) is 11.1. The van der Waals surface area contributed by atoms with Crippen LogP contribution in [0.1, 0.15) is 5.56 Å². The van der Waals surface area contributed by atoms with Crippen LogP contribution >= 0.6 is 22.6 Å². The van der Waals surface area contributed by atoms with Gasteiger partial charge >= 0.3 is 0 Å². The van der Waals surface area contributed by atoms with Crippen molar-refractivity contribution < 1.29 is 4.79 Å². The van der Waals surface area contributed by atoms with Gasteiger partial charge in [-0.25, -0.2) is 0 Å². The van der Waals surface area contributed by atoms with Crippen molar-refractivity contribution in [3.8, 4) is 11.1 Å². The highest BCUT2D eigenvalue weighted by Crippen LogP contribution is 2.33. The first kappa shape index (κ1) is 14.0. The molecule has 0 saturated heterocycles. The van der Waals surface area contributed by atoms with Crippen molar-refractivity contribution in [1.82, 2.24) is 0 Å². The highest BCUT2D eigenvalue weighted by molar-refractivity contribution is 14.1. The fourth-order valence-corrected chi connectivity index (χ4v) is 3.22. The molecule has 0 unspecified atom stereocenters. The number of rotatable bonds is 3. The molecule has 3 aromatic carbocycles. The number of halogens is 1. The molecule has 0 amide bonds. The van der Waals surface area contributed by atoms with Crippen LogP contribution in [0.3, 0.4) is 0 Å². The molecule has 0 aliphatic rings. The molecular weight excluding hydrogens is 371 g/mol. The summed E-state index contributed by atoms with van der Waals surface area (Å²) in [4.78, 5) is 10.6. The zero-order valence-electron chi connectivity index (χ0n) is 11.3. The third kappa shape index (κ3) is 2.76. The van der Waals surface area contributed by atoms with Gasteiger partial charge in [0.2, 0.25) is 0 Å². The van der Waals surface area contributed by atoms with Crippen LogP contribution in [0.25, 0.3) is 28.0 Å². The molecule has 0 aromatic heterocycles. The fourth-order valence-electron chi connectivity index (χ4n) is 2.54. The number of aldehydes is 1. The van der Waals surface area contributed by atoms with Gasteiger partial charge in [0.15, 0.2) is 0 Å². The second-order valence-electron chi connectivity index (χ2n) is 4.72. The van der Waals surface area contributed by atoms with Crippen molar-refractivity contribution in [3.63, 3.8) is 0 Å². The summed E-state index contributed by atoms with van der Waals surface area (Å²) in [6.45, 7) is 0. The maximum Gasteiger partial charge on any atom is 0.142 e. The molecular formula is C19H13IO. The average molecular weight is 384 g/mol. The minimum absolute atomic E-state index is 0.808. The van der Waals surface area contributed by atoms with Crippen LogP contribution in [0.2, 0.25) is 0 Å². The van der Waals surface area contributed by atoms with Crippen LogP contribution < -0.4 is 0 Å². The SMILES string of the molecule is O=C/C=C/c1cccc2c(-c3ccccc3I)cccc12. The van der Waals surface area contributed by atoms with Crippen LogP contribution in [-0.2, 0) is 4.79 Å². The summed E-state index contributed by atoms with van der Waals surface area (Å²) in [6, 6.07) is 20.9. The highest BCUT2D eigenvalue weighted by Gasteiger charge is 2.07. The quantitative estimate of drug-likeness (QED) is 0.339. The van der Waals surface area contributed by atoms with Crippen LogP contribution in [-0.4, -0.2) is 6.29 Å². The van der Waals surface area contributed by atoms with E-state index in [1.807, 2.05) is 18.2 Å². The molecule has 0 N–H and O–H groups in total. The lowest BCUT2D eigenvalue weighted by Gasteiger charge is -2.10. The lowest BCUT2D eigenvalue weighted by molar-refractivity contribution is -0.104. The van der Waals surface area contributed by atoms with Crippen LogP contribution in [0.4, 0.5) is 0 Å². The van der Waals surface area contributed by atoms with Gasteiger partial charge < -0.3 is 0 Å². The molecule has 0 atom stereocenters. The summed E-state index contributed by atoms with van der Waals surface area (Å²) < 4.78 is 1.23. The van der Waals surface area contributed by atoms with Gasteiger partial charge in [-0.05, 0) is 62.2 Å². The van der Waals surface area contributed by atoms with Crippen molar-refractivity contribution in [2.24, 2.45) is 0 Å². The average Bonchev–Trinajstić information content (AvgIpc) is 2.53. The Morgan fingerprint density at radius 3 is 2.29 bits per heavy atom. The van der Waals surface area contributed by atoms with Crippen molar-refractivity contribution in [3.05, 3.63) is 75.9 Å². The predicted molar refractivity (Wildman–Crippen MR) is 97.2 cm³/mol. The Morgan fingerprint density at radius 2 is 1.48 bits per heavy atom. The highest BCUT2D eigenvalue weighted by atomic mass is 127. The molecule has 3 rings (SSSR count). The topological polar surface area (TPSA) is 17.1 Å². The summed E-state index contributed by atoms with van der Waals surface area (Å²) >= 11 is 2.37. The molecule has 1 nitrogen and oxygen atoms in total. The van der Waals surface area contributed by atoms with Crippen LogP contribution in [0.15, 0.2) is 66.7 Å². The molecule has 0 radical (unpaired) electrons. The van der Waals surface area contributed by atoms with Gasteiger partial charge in [0.05, 0.1) is 0 Å². The molecule has 0 bridgehead atoms. The van der Waals surface area contributed by atoms with E-state index in [0.29, 0.717) is 0 Å². The van der Waals surface area contributed by atoms with Gasteiger partial charge in [-0.1, -0.05) is 60.7 Å². The lowest BCUT2D eigenvalue weighted by atomic mass is 9.95. The first-order valence-electron chi connectivity index (χ1n) is 6.70. The van der Waals surface area contributed by atoms with E-state index in [1.54, 1.807) is 0 Å². The number of allylic oxidation sites excluding steroid dienone is 1. The van der Waals surface area contributed by atoms with Gasteiger partial charge in [0.25, 0.3) is 0 Å². The molecule has 102 valence electrons. The van der Waals surface area contributed by atoms with E-state index < -0.39 is 0 Å². The smallest absolute Gasteiger partial charge is 0.142 e. The summed E-state index contributed by atoms with van der Waals surface area (Å²) in [5.41, 5.74) is 3.52. The third-order valence-corrected chi connectivity index (χ3v) is 4.41. The maximum absolute atomic E-state index is 10.6. The Kier molecular flexibility index (Phi) is 4.15. The summed E-state index contributed by atoms with van der Waals surface area (Å²) in [7, 11) is 0. The molecule has 0 spiro atoms. The number of hydrogen-bond donors (Lipinski definition) is 0. The summed E-state index contributed by atoms with van der Waals surface area (Å²) in [6.07, 6.45) is 4.20. The molecule has 0 fully saturated rings. The van der Waals surface area contributed by atoms with E-state index in [4.69, 9.17) is 0 Å². The van der Waals surface area contributed by atoms with E-state index in [1.165, 1.54) is 26.2 Å². The van der Waals surface area contributed by atoms with E-state index in [0.717, 1.165) is 17.2 Å². The maximum atomic E-state index is 10.6. The van der Waals surface area contributed by atoms with Crippen LogP contribution in [0, 0.1) is 3.57 Å². The first-order chi connectivity index (χ1) is 10.3. The Morgan fingerprint density at radius 1 is 0.762 bits per heavy atom. The number of carbonyl (C=O) groups is 1. The van der Waals surface area contributed by atoms with Crippen molar-refractivity contribution in [1.29, 1.82) is 0 Å². The molecule has 0 aliphatic heterocycles. The summed E-state index contributed by atoms with van der Waals surface area (Å²) in [5, 5.41) is 2.36. The van der Waals surface area contributed by atoms with Crippen molar-refractivity contribution in [2.75, 3.05) is 0 Å². The lowest BCUT2D eigenvalue weighted by Crippen LogP contribution is -1.86. The summed E-state index contributed by atoms with van der Waals surface area (Å²) in [5.74, 6) is 0. The number of hydrogen-bond acceptors (Lipinski definition) is 1. The zero-order chi connectivity index (χ0) is 14.7. The fraction of sp³-hybridized carbons (Fsp3) is 0. The zero-order valence-corrected chi connectivity index (χ0v) is 13.4. The number of fused-ring (bicyclic) bond motifs is 1. The monoisotopic (exact) mass is 384 g/mol. The third-order valence-electron chi connectivity index (χ3n) is 3.47. The number of benzene rings is 3. The van der Waals surface area contributed by atoms with E-state index in [2.05, 4.69) is 71.1 Å². The van der Waals surface area contributed by atoms with Crippen LogP contribution in [0.5, 0.6) is 0 Å². The minimum Gasteiger partial charge on any atom is -0.299 e. The predicted octanol–water partition coefficient (Wildman–Crippen LogP) is 5.32.